The smallest absolute Gasteiger partial charge is 0.226 e. The first-order chi connectivity index (χ1) is 10.0. The Balaban J connectivity index is 1.82. The molecule has 0 aliphatic heterocycles. The standard InChI is InChI=1S/C14H16N4O2S/c1-9(19)17-11-4-2-10(3-5-11)7-16-13(20)6-12-8-21-14(15)18-12/h2-5,8H,6-7H2,1H3,(H2,15,18)(H,16,20)(H,17,19). The van der Waals surface area contributed by atoms with Crippen LogP contribution in [0.15, 0.2) is 29.6 Å². The molecule has 0 radical (unpaired) electrons. The lowest BCUT2D eigenvalue weighted by Gasteiger charge is -2.06. The van der Waals surface area contributed by atoms with Crippen LogP contribution in [0.25, 0.3) is 0 Å². The van der Waals surface area contributed by atoms with Gasteiger partial charge in [0.1, 0.15) is 0 Å². The molecule has 0 aliphatic rings. The molecule has 6 nitrogen and oxygen atoms in total. The van der Waals surface area contributed by atoms with Crippen molar-refractivity contribution in [3.05, 3.63) is 40.9 Å². The van der Waals surface area contributed by atoms with E-state index in [-0.39, 0.29) is 18.2 Å². The number of carbonyl (C=O) groups is 2. The zero-order valence-corrected chi connectivity index (χ0v) is 12.4. The summed E-state index contributed by atoms with van der Waals surface area (Å²) in [7, 11) is 0. The zero-order chi connectivity index (χ0) is 15.2. The summed E-state index contributed by atoms with van der Waals surface area (Å²) in [4.78, 5) is 26.7. The highest BCUT2D eigenvalue weighted by Crippen LogP contribution is 2.12. The summed E-state index contributed by atoms with van der Waals surface area (Å²) in [5.41, 5.74) is 7.88. The predicted octanol–water partition coefficient (Wildman–Crippen LogP) is 1.54. The van der Waals surface area contributed by atoms with Crippen LogP contribution in [0, 0.1) is 0 Å². The van der Waals surface area contributed by atoms with E-state index in [0.29, 0.717) is 17.4 Å². The molecule has 4 N–H and O–H groups in total. The number of hydrogen-bond acceptors (Lipinski definition) is 5. The van der Waals surface area contributed by atoms with Crippen molar-refractivity contribution in [2.75, 3.05) is 11.1 Å². The van der Waals surface area contributed by atoms with E-state index in [1.807, 2.05) is 12.1 Å². The third-order valence-electron chi connectivity index (χ3n) is 2.68. The van der Waals surface area contributed by atoms with Crippen molar-refractivity contribution in [1.82, 2.24) is 10.3 Å². The van der Waals surface area contributed by atoms with E-state index in [4.69, 9.17) is 5.73 Å². The molecule has 0 saturated heterocycles. The zero-order valence-electron chi connectivity index (χ0n) is 11.6. The minimum absolute atomic E-state index is 0.105. The van der Waals surface area contributed by atoms with Crippen LogP contribution in [-0.4, -0.2) is 16.8 Å². The molecule has 21 heavy (non-hydrogen) atoms. The lowest BCUT2D eigenvalue weighted by molar-refractivity contribution is -0.120. The van der Waals surface area contributed by atoms with Crippen molar-refractivity contribution in [1.29, 1.82) is 0 Å². The normalized spacial score (nSPS) is 10.1. The molecule has 1 aromatic heterocycles. The molecular weight excluding hydrogens is 288 g/mol. The number of nitrogens with two attached hydrogens (primary N) is 1. The second-order valence-corrected chi connectivity index (χ2v) is 5.40. The average molecular weight is 304 g/mol. The number of nitrogen functional groups attached to an aromatic ring is 1. The molecule has 2 rings (SSSR count). The van der Waals surface area contributed by atoms with Crippen LogP contribution in [0.3, 0.4) is 0 Å². The fourth-order valence-corrected chi connectivity index (χ4v) is 2.30. The number of benzene rings is 1. The first kappa shape index (κ1) is 15.0. The Kier molecular flexibility index (Phi) is 4.89. The molecule has 0 saturated carbocycles. The highest BCUT2D eigenvalue weighted by Gasteiger charge is 2.06. The van der Waals surface area contributed by atoms with Gasteiger partial charge in [0.05, 0.1) is 12.1 Å². The van der Waals surface area contributed by atoms with Crippen molar-refractivity contribution >= 4 is 34.0 Å². The number of aromatic nitrogens is 1. The topological polar surface area (TPSA) is 97.1 Å². The highest BCUT2D eigenvalue weighted by atomic mass is 32.1. The lowest BCUT2D eigenvalue weighted by atomic mass is 10.2. The van der Waals surface area contributed by atoms with E-state index in [2.05, 4.69) is 15.6 Å². The molecule has 0 aliphatic carbocycles. The molecule has 1 heterocycles. The van der Waals surface area contributed by atoms with Crippen LogP contribution < -0.4 is 16.4 Å². The molecule has 0 unspecified atom stereocenters. The van der Waals surface area contributed by atoms with Gasteiger partial charge in [0.2, 0.25) is 11.8 Å². The predicted molar refractivity (Wildman–Crippen MR) is 82.8 cm³/mol. The Morgan fingerprint density at radius 3 is 2.57 bits per heavy atom. The molecular formula is C14H16N4O2S. The maximum absolute atomic E-state index is 11.8. The number of hydrogen-bond donors (Lipinski definition) is 3. The highest BCUT2D eigenvalue weighted by molar-refractivity contribution is 7.13. The van der Waals surface area contributed by atoms with Gasteiger partial charge in [-0.2, -0.15) is 0 Å². The van der Waals surface area contributed by atoms with Crippen molar-refractivity contribution in [2.24, 2.45) is 0 Å². The number of carbonyl (C=O) groups excluding carboxylic acids is 2. The van der Waals surface area contributed by atoms with Crippen LogP contribution in [0.2, 0.25) is 0 Å². The maximum Gasteiger partial charge on any atom is 0.226 e. The van der Waals surface area contributed by atoms with E-state index in [1.54, 1.807) is 17.5 Å². The van der Waals surface area contributed by atoms with Crippen molar-refractivity contribution in [2.45, 2.75) is 19.9 Å². The quantitative estimate of drug-likeness (QED) is 0.780. The number of nitrogens with zero attached hydrogens (tertiary/aromatic N) is 1. The number of amides is 2. The second kappa shape index (κ2) is 6.85. The van der Waals surface area contributed by atoms with Gasteiger partial charge < -0.3 is 16.4 Å². The van der Waals surface area contributed by atoms with Gasteiger partial charge in [0, 0.05) is 24.5 Å². The van der Waals surface area contributed by atoms with Gasteiger partial charge in [-0.05, 0) is 17.7 Å². The van der Waals surface area contributed by atoms with Gasteiger partial charge in [-0.1, -0.05) is 12.1 Å². The molecule has 7 heteroatoms. The van der Waals surface area contributed by atoms with E-state index >= 15 is 0 Å². The first-order valence-corrected chi connectivity index (χ1v) is 7.24. The molecule has 1 aromatic carbocycles. The van der Waals surface area contributed by atoms with E-state index < -0.39 is 0 Å². The van der Waals surface area contributed by atoms with Crippen LogP contribution >= 0.6 is 11.3 Å². The Morgan fingerprint density at radius 2 is 2.00 bits per heavy atom. The van der Waals surface area contributed by atoms with Crippen LogP contribution in [-0.2, 0) is 22.6 Å². The molecule has 0 fully saturated rings. The number of thiazole rings is 1. The summed E-state index contributed by atoms with van der Waals surface area (Å²) < 4.78 is 0. The lowest BCUT2D eigenvalue weighted by Crippen LogP contribution is -2.24. The monoisotopic (exact) mass is 304 g/mol. The van der Waals surface area contributed by atoms with Gasteiger partial charge in [-0.3, -0.25) is 9.59 Å². The number of rotatable bonds is 5. The van der Waals surface area contributed by atoms with Gasteiger partial charge in [-0.25, -0.2) is 4.98 Å². The summed E-state index contributed by atoms with van der Waals surface area (Å²) in [5, 5.41) is 7.74. The summed E-state index contributed by atoms with van der Waals surface area (Å²) in [6, 6.07) is 7.30. The van der Waals surface area contributed by atoms with E-state index in [1.165, 1.54) is 18.3 Å². The van der Waals surface area contributed by atoms with Crippen molar-refractivity contribution in [3.63, 3.8) is 0 Å². The average Bonchev–Trinajstić information content (AvgIpc) is 2.83. The summed E-state index contributed by atoms with van der Waals surface area (Å²) >= 11 is 1.32. The fraction of sp³-hybridized carbons (Fsp3) is 0.214. The third kappa shape index (κ3) is 4.88. The van der Waals surface area contributed by atoms with Gasteiger partial charge in [0.15, 0.2) is 5.13 Å². The molecule has 2 amide bonds. The maximum atomic E-state index is 11.8. The van der Waals surface area contributed by atoms with E-state index in [0.717, 1.165) is 11.3 Å². The van der Waals surface area contributed by atoms with Gasteiger partial charge in [0.25, 0.3) is 0 Å². The largest absolute Gasteiger partial charge is 0.375 e. The fourth-order valence-electron chi connectivity index (χ4n) is 1.74. The Hall–Kier alpha value is -2.41. The van der Waals surface area contributed by atoms with Crippen molar-refractivity contribution < 1.29 is 9.59 Å². The first-order valence-electron chi connectivity index (χ1n) is 6.36. The summed E-state index contributed by atoms with van der Waals surface area (Å²) in [6.07, 6.45) is 0.220. The van der Waals surface area contributed by atoms with Crippen LogP contribution in [0.1, 0.15) is 18.2 Å². The minimum Gasteiger partial charge on any atom is -0.375 e. The second-order valence-electron chi connectivity index (χ2n) is 4.51. The Labute approximate surface area is 126 Å². The minimum atomic E-state index is -0.112. The summed E-state index contributed by atoms with van der Waals surface area (Å²) in [6.45, 7) is 1.89. The van der Waals surface area contributed by atoms with Gasteiger partial charge >= 0.3 is 0 Å². The molecule has 0 spiro atoms. The van der Waals surface area contributed by atoms with Crippen molar-refractivity contribution in [3.8, 4) is 0 Å². The number of anilines is 2. The van der Waals surface area contributed by atoms with Crippen LogP contribution in [0.4, 0.5) is 10.8 Å². The summed E-state index contributed by atoms with van der Waals surface area (Å²) in [5.74, 6) is -0.218. The Bertz CT molecular complexity index is 637. The molecule has 2 aromatic rings. The molecule has 0 atom stereocenters. The van der Waals surface area contributed by atoms with E-state index in [9.17, 15) is 9.59 Å². The SMILES string of the molecule is CC(=O)Nc1ccc(CNC(=O)Cc2csc(N)n2)cc1. The Morgan fingerprint density at radius 1 is 1.29 bits per heavy atom. The van der Waals surface area contributed by atoms with Crippen LogP contribution in [0.5, 0.6) is 0 Å². The third-order valence-corrected chi connectivity index (χ3v) is 3.40. The molecule has 110 valence electrons. The molecule has 0 bridgehead atoms. The van der Waals surface area contributed by atoms with Gasteiger partial charge in [-0.15, -0.1) is 11.3 Å². The number of nitrogens with one attached hydrogen (secondary N) is 2.